The maximum absolute atomic E-state index is 11.5. The third-order valence-electron chi connectivity index (χ3n) is 2.94. The molecule has 0 bridgehead atoms. The van der Waals surface area contributed by atoms with Crippen molar-refractivity contribution in [3.63, 3.8) is 0 Å². The fourth-order valence-electron chi connectivity index (χ4n) is 1.72. The van der Waals surface area contributed by atoms with Gasteiger partial charge in [-0.1, -0.05) is 0 Å². The van der Waals surface area contributed by atoms with Gasteiger partial charge in [0.2, 0.25) is 11.7 Å². The predicted molar refractivity (Wildman–Crippen MR) is 73.7 cm³/mol. The number of nitrogens with one attached hydrogen (secondary N) is 1. The van der Waals surface area contributed by atoms with E-state index in [1.54, 1.807) is 0 Å². The Morgan fingerprint density at radius 1 is 1.17 bits per heavy atom. The molecule has 13 nitrogen and oxygen atoms in total. The molecule has 1 aliphatic heterocycles. The van der Waals surface area contributed by atoms with Gasteiger partial charge < -0.3 is 44.9 Å². The van der Waals surface area contributed by atoms with Gasteiger partial charge in [0.25, 0.3) is 0 Å². The molecule has 0 radical (unpaired) electrons. The van der Waals surface area contributed by atoms with Gasteiger partial charge in [0.15, 0.2) is 17.3 Å². The maximum Gasteiger partial charge on any atom is 0.377 e. The zero-order chi connectivity index (χ0) is 18.9. The second-order valence-electron chi connectivity index (χ2n) is 4.79. The van der Waals surface area contributed by atoms with Crippen molar-refractivity contribution in [3.05, 3.63) is 11.5 Å². The van der Waals surface area contributed by atoms with Gasteiger partial charge in [-0.2, -0.15) is 0 Å². The molecule has 138 valence electrons. The Kier molecular flexibility index (Phi) is 6.17. The highest BCUT2D eigenvalue weighted by Gasteiger charge is 2.45. The quantitative estimate of drug-likeness (QED) is 0.170. The van der Waals surface area contributed by atoms with E-state index in [-0.39, 0.29) is 0 Å². The molecule has 0 aromatic rings. The molecule has 0 spiro atoms. The Hall–Kier alpha value is -1.46. The lowest BCUT2D eigenvalue weighted by Crippen LogP contribution is -2.40. The largest absolute Gasteiger partial charge is 0.505 e. The number of carbonyl (C=O) groups is 2. The maximum atomic E-state index is 11.5. The smallest absolute Gasteiger partial charge is 0.377 e. The Bertz CT molecular complexity index is 625. The van der Waals surface area contributed by atoms with Crippen molar-refractivity contribution in [2.45, 2.75) is 24.0 Å². The van der Waals surface area contributed by atoms with Gasteiger partial charge in [0.05, 0.1) is 6.42 Å². The van der Waals surface area contributed by atoms with Crippen LogP contribution in [0.25, 0.3) is 0 Å². The minimum absolute atomic E-state index is 0.705. The van der Waals surface area contributed by atoms with Crippen LogP contribution in [-0.4, -0.2) is 70.9 Å². The van der Waals surface area contributed by atoms with E-state index in [1.807, 2.05) is 5.32 Å². The first-order valence-electron chi connectivity index (χ1n) is 6.13. The number of rotatable bonds is 7. The van der Waals surface area contributed by atoms with Crippen molar-refractivity contribution in [1.29, 1.82) is 0 Å². The summed E-state index contributed by atoms with van der Waals surface area (Å²) in [6.45, 7) is -0.705. The zero-order valence-electron chi connectivity index (χ0n) is 11.7. The average Bonchev–Trinajstić information content (AvgIpc) is 2.67. The SMILES string of the molecule is O=C(CC(P(=O)(O)O)P(=O)(O)O)NC[C@H](O)[C@H]1OC(=O)C(O)=C1O. The van der Waals surface area contributed by atoms with Crippen LogP contribution in [0.15, 0.2) is 11.5 Å². The topological polar surface area (TPSA) is 231 Å². The molecular weight excluding hydrogens is 376 g/mol. The van der Waals surface area contributed by atoms with E-state index in [0.29, 0.717) is 0 Å². The third-order valence-corrected chi connectivity index (χ3v) is 6.67. The summed E-state index contributed by atoms with van der Waals surface area (Å²) >= 11 is 0. The number of hydrogen-bond donors (Lipinski definition) is 8. The molecule has 24 heavy (non-hydrogen) atoms. The van der Waals surface area contributed by atoms with Crippen molar-refractivity contribution in [2.24, 2.45) is 0 Å². The summed E-state index contributed by atoms with van der Waals surface area (Å²) in [4.78, 5) is 58.0. The molecule has 0 fully saturated rings. The van der Waals surface area contributed by atoms with E-state index < -0.39 is 69.2 Å². The molecule has 0 unspecified atom stereocenters. The second-order valence-corrected chi connectivity index (χ2v) is 8.80. The van der Waals surface area contributed by atoms with Crippen LogP contribution in [0.4, 0.5) is 0 Å². The van der Waals surface area contributed by atoms with Crippen LogP contribution in [0.1, 0.15) is 6.42 Å². The van der Waals surface area contributed by atoms with Crippen LogP contribution in [-0.2, 0) is 23.5 Å². The van der Waals surface area contributed by atoms with Gasteiger partial charge in [-0.15, -0.1) is 0 Å². The molecule has 8 N–H and O–H groups in total. The summed E-state index contributed by atoms with van der Waals surface area (Å²) in [5.74, 6) is -4.60. The monoisotopic (exact) mass is 391 g/mol. The Morgan fingerprint density at radius 3 is 2.04 bits per heavy atom. The number of aliphatic hydroxyl groups is 3. The van der Waals surface area contributed by atoms with Crippen molar-refractivity contribution < 1.29 is 58.3 Å². The van der Waals surface area contributed by atoms with E-state index in [2.05, 4.69) is 4.74 Å². The van der Waals surface area contributed by atoms with E-state index in [4.69, 9.17) is 24.7 Å². The van der Waals surface area contributed by atoms with E-state index in [1.165, 1.54) is 0 Å². The average molecular weight is 391 g/mol. The summed E-state index contributed by atoms with van der Waals surface area (Å²) in [7, 11) is -10.6. The van der Waals surface area contributed by atoms with Gasteiger partial charge in [-0.05, 0) is 0 Å². The van der Waals surface area contributed by atoms with Crippen LogP contribution >= 0.6 is 15.2 Å². The van der Waals surface area contributed by atoms with Crippen LogP contribution in [0.3, 0.4) is 0 Å². The number of esters is 1. The Balaban J connectivity index is 2.65. The van der Waals surface area contributed by atoms with E-state index in [9.17, 15) is 28.9 Å². The first-order chi connectivity index (χ1) is 10.7. The number of amides is 1. The molecule has 0 aromatic heterocycles. The fraction of sp³-hybridized carbons (Fsp3) is 0.556. The first kappa shape index (κ1) is 20.6. The molecule has 0 aliphatic carbocycles. The molecular formula is C9H15NO12P2. The van der Waals surface area contributed by atoms with Gasteiger partial charge in [0.1, 0.15) is 6.10 Å². The normalized spacial score (nSPS) is 20.2. The molecule has 1 heterocycles. The predicted octanol–water partition coefficient (Wildman–Crippen LogP) is -2.21. The van der Waals surface area contributed by atoms with Crippen molar-refractivity contribution in [2.75, 3.05) is 6.54 Å². The molecule has 1 aliphatic rings. The molecule has 1 rings (SSSR count). The van der Waals surface area contributed by atoms with Gasteiger partial charge in [0, 0.05) is 6.54 Å². The summed E-state index contributed by atoms with van der Waals surface area (Å²) in [6.07, 6.45) is -4.64. The number of aliphatic hydroxyl groups excluding tert-OH is 3. The summed E-state index contributed by atoms with van der Waals surface area (Å²) in [5, 5.41) is 27.4. The second kappa shape index (κ2) is 7.19. The fourth-order valence-corrected chi connectivity index (χ4v) is 4.10. The van der Waals surface area contributed by atoms with Crippen molar-refractivity contribution in [1.82, 2.24) is 5.32 Å². The van der Waals surface area contributed by atoms with Gasteiger partial charge in [-0.3, -0.25) is 13.9 Å². The van der Waals surface area contributed by atoms with E-state index in [0.717, 1.165) is 0 Å². The van der Waals surface area contributed by atoms with Crippen LogP contribution < -0.4 is 5.32 Å². The molecule has 2 atom stereocenters. The van der Waals surface area contributed by atoms with Crippen molar-refractivity contribution >= 4 is 27.1 Å². The third kappa shape index (κ3) is 5.02. The molecule has 1 amide bonds. The summed E-state index contributed by atoms with van der Waals surface area (Å²) in [5.41, 5.74) is 0. The van der Waals surface area contributed by atoms with Crippen molar-refractivity contribution in [3.8, 4) is 0 Å². The molecule has 15 heteroatoms. The first-order valence-corrected chi connectivity index (χ1v) is 9.49. The van der Waals surface area contributed by atoms with Gasteiger partial charge >= 0.3 is 21.2 Å². The Labute approximate surface area is 133 Å². The lowest BCUT2D eigenvalue weighted by molar-refractivity contribution is -0.146. The highest BCUT2D eigenvalue weighted by atomic mass is 31.2. The standard InChI is InChI=1S/C9H15NO12P2/c11-3(8-6(13)7(14)9(15)22-8)2-10-4(12)1-5(23(16,17)18)24(19,20)21/h3,5,8,11,13-14H,1-2H2,(H,10,12)(H2,16,17,18)(H2,19,20,21)/t3-,8+/m0/s1. The van der Waals surface area contributed by atoms with Crippen LogP contribution in [0.2, 0.25) is 0 Å². The Morgan fingerprint density at radius 2 is 1.67 bits per heavy atom. The zero-order valence-corrected chi connectivity index (χ0v) is 13.5. The molecule has 0 aromatic carbocycles. The van der Waals surface area contributed by atoms with E-state index >= 15 is 0 Å². The lowest BCUT2D eigenvalue weighted by Gasteiger charge is -2.20. The highest BCUT2D eigenvalue weighted by Crippen LogP contribution is 2.61. The number of ether oxygens (including phenoxy) is 1. The minimum Gasteiger partial charge on any atom is -0.505 e. The number of hydrogen-bond acceptors (Lipinski definition) is 8. The van der Waals surface area contributed by atoms with Crippen LogP contribution in [0, 0.1) is 0 Å². The molecule has 0 saturated carbocycles. The minimum atomic E-state index is -5.28. The summed E-state index contributed by atoms with van der Waals surface area (Å²) < 4.78 is 26.5. The summed E-state index contributed by atoms with van der Waals surface area (Å²) in [6, 6.07) is 0. The molecule has 0 saturated heterocycles. The number of carbonyl (C=O) groups excluding carboxylic acids is 2. The van der Waals surface area contributed by atoms with Crippen LogP contribution in [0.5, 0.6) is 0 Å². The lowest BCUT2D eigenvalue weighted by atomic mass is 10.1. The number of cyclic esters (lactones) is 1. The van der Waals surface area contributed by atoms with Gasteiger partial charge in [-0.25, -0.2) is 4.79 Å². The highest BCUT2D eigenvalue weighted by molar-refractivity contribution is 7.70.